The monoisotopic (exact) mass is 272 g/mol. The van der Waals surface area contributed by atoms with Gasteiger partial charge in [-0.3, -0.25) is 0 Å². The zero-order chi connectivity index (χ0) is 14.2. The summed E-state index contributed by atoms with van der Waals surface area (Å²) >= 11 is 0. The maximum Gasteiger partial charge on any atom is 0.318 e. The molecule has 1 unspecified atom stereocenters. The molecule has 0 radical (unpaired) electrons. The number of benzene rings is 1. The van der Waals surface area contributed by atoms with Crippen LogP contribution in [0.2, 0.25) is 0 Å². The van der Waals surface area contributed by atoms with Crippen LogP contribution in [0.3, 0.4) is 0 Å². The molecule has 2 aliphatic rings. The van der Waals surface area contributed by atoms with E-state index in [0.717, 1.165) is 32.4 Å². The first-order valence-electron chi connectivity index (χ1n) is 7.73. The Morgan fingerprint density at radius 1 is 1.30 bits per heavy atom. The molecular formula is C17H24N2O. The Bertz CT molecular complexity index is 490. The molecule has 20 heavy (non-hydrogen) atoms. The molecule has 3 rings (SSSR count). The molecule has 3 nitrogen and oxygen atoms in total. The molecular weight excluding hydrogens is 248 g/mol. The van der Waals surface area contributed by atoms with E-state index in [0.29, 0.717) is 5.92 Å². The van der Waals surface area contributed by atoms with Crippen LogP contribution < -0.4 is 5.32 Å². The highest BCUT2D eigenvalue weighted by molar-refractivity contribution is 5.76. The number of carbonyl (C=O) groups is 1. The van der Waals surface area contributed by atoms with Crippen LogP contribution in [-0.4, -0.2) is 24.0 Å². The lowest BCUT2D eigenvalue weighted by molar-refractivity contribution is 0.165. The van der Waals surface area contributed by atoms with Crippen LogP contribution in [0, 0.1) is 12.8 Å². The fraction of sp³-hybridized carbons (Fsp3) is 0.588. The number of hydrogen-bond acceptors (Lipinski definition) is 1. The van der Waals surface area contributed by atoms with Crippen molar-refractivity contribution in [3.63, 3.8) is 0 Å². The quantitative estimate of drug-likeness (QED) is 0.879. The summed E-state index contributed by atoms with van der Waals surface area (Å²) in [4.78, 5) is 14.4. The minimum absolute atomic E-state index is 0.0918. The zero-order valence-electron chi connectivity index (χ0n) is 12.5. The van der Waals surface area contributed by atoms with Gasteiger partial charge in [-0.15, -0.1) is 0 Å². The summed E-state index contributed by atoms with van der Waals surface area (Å²) in [5.74, 6) is 0.629. The molecule has 0 aromatic heterocycles. The van der Waals surface area contributed by atoms with E-state index in [9.17, 15) is 4.79 Å². The summed E-state index contributed by atoms with van der Waals surface area (Å²) < 4.78 is 0. The molecule has 1 aliphatic carbocycles. The lowest BCUT2D eigenvalue weighted by Gasteiger charge is -2.32. The van der Waals surface area contributed by atoms with Crippen molar-refractivity contribution in [1.29, 1.82) is 0 Å². The molecule has 1 aromatic carbocycles. The fourth-order valence-electron chi connectivity index (χ4n) is 3.14. The Hall–Kier alpha value is -1.51. The molecule has 2 amide bonds. The summed E-state index contributed by atoms with van der Waals surface area (Å²) in [6.07, 6.45) is 4.50. The van der Waals surface area contributed by atoms with Crippen molar-refractivity contribution >= 4 is 6.03 Å². The van der Waals surface area contributed by atoms with Crippen molar-refractivity contribution in [2.45, 2.75) is 45.1 Å². The lowest BCUT2D eigenvalue weighted by atomic mass is 10.0. The second-order valence-electron chi connectivity index (χ2n) is 6.57. The zero-order valence-corrected chi connectivity index (χ0v) is 12.5. The molecule has 108 valence electrons. The third kappa shape index (κ3) is 2.67. The lowest BCUT2D eigenvalue weighted by Crippen LogP contribution is -2.48. The third-order valence-corrected chi connectivity index (χ3v) is 4.64. The number of piperidine rings is 1. The smallest absolute Gasteiger partial charge is 0.318 e. The molecule has 1 N–H and O–H groups in total. The van der Waals surface area contributed by atoms with Crippen molar-refractivity contribution in [1.82, 2.24) is 10.2 Å². The Morgan fingerprint density at radius 3 is 2.60 bits per heavy atom. The first-order chi connectivity index (χ1) is 9.59. The standard InChI is InChI=1S/C17H24N2O/c1-13-5-7-15(8-6-13)17(9-10-17)18-16(20)19-11-3-4-14(2)12-19/h5-8,14H,3-4,9-12H2,1-2H3,(H,18,20). The fourth-order valence-corrected chi connectivity index (χ4v) is 3.14. The summed E-state index contributed by atoms with van der Waals surface area (Å²) in [7, 11) is 0. The largest absolute Gasteiger partial charge is 0.328 e. The number of amides is 2. The first-order valence-corrected chi connectivity index (χ1v) is 7.73. The van der Waals surface area contributed by atoms with Crippen molar-refractivity contribution in [2.24, 2.45) is 5.92 Å². The van der Waals surface area contributed by atoms with Crippen molar-refractivity contribution in [2.75, 3.05) is 13.1 Å². The van der Waals surface area contributed by atoms with Crippen molar-refractivity contribution in [3.05, 3.63) is 35.4 Å². The maximum atomic E-state index is 12.5. The van der Waals surface area contributed by atoms with Crippen LogP contribution >= 0.6 is 0 Å². The minimum atomic E-state index is -0.0918. The van der Waals surface area contributed by atoms with Gasteiger partial charge in [0.05, 0.1) is 5.54 Å². The number of likely N-dealkylation sites (tertiary alicyclic amines) is 1. The summed E-state index contributed by atoms with van der Waals surface area (Å²) in [6, 6.07) is 8.69. The number of urea groups is 1. The Kier molecular flexibility index (Phi) is 3.45. The normalized spacial score (nSPS) is 24.3. The van der Waals surface area contributed by atoms with Gasteiger partial charge in [0.15, 0.2) is 0 Å². The van der Waals surface area contributed by atoms with Crippen LogP contribution in [0.15, 0.2) is 24.3 Å². The van der Waals surface area contributed by atoms with E-state index in [1.165, 1.54) is 17.5 Å². The summed E-state index contributed by atoms with van der Waals surface area (Å²) in [5, 5.41) is 3.28. The Labute approximate surface area is 121 Å². The average Bonchev–Trinajstić information content (AvgIpc) is 3.20. The van der Waals surface area contributed by atoms with Gasteiger partial charge < -0.3 is 10.2 Å². The number of nitrogens with zero attached hydrogens (tertiary/aromatic N) is 1. The minimum Gasteiger partial charge on any atom is -0.328 e. The number of carbonyl (C=O) groups excluding carboxylic acids is 1. The molecule has 0 spiro atoms. The number of nitrogens with one attached hydrogen (secondary N) is 1. The van der Waals surface area contributed by atoms with Gasteiger partial charge in [-0.25, -0.2) is 4.79 Å². The van der Waals surface area contributed by atoms with Gasteiger partial charge in [0.2, 0.25) is 0 Å². The molecule has 3 heteroatoms. The van der Waals surface area contributed by atoms with E-state index in [4.69, 9.17) is 0 Å². The van der Waals surface area contributed by atoms with Gasteiger partial charge >= 0.3 is 6.03 Å². The maximum absolute atomic E-state index is 12.5. The Morgan fingerprint density at radius 2 is 2.00 bits per heavy atom. The predicted octanol–water partition coefficient (Wildman–Crippen LogP) is 3.43. The highest BCUT2D eigenvalue weighted by Gasteiger charge is 2.46. The summed E-state index contributed by atoms with van der Waals surface area (Å²) in [6.45, 7) is 6.12. The first kappa shape index (κ1) is 13.5. The van der Waals surface area contributed by atoms with Crippen LogP contribution in [0.1, 0.15) is 43.7 Å². The molecule has 1 aliphatic heterocycles. The van der Waals surface area contributed by atoms with Gasteiger partial charge in [-0.2, -0.15) is 0 Å². The molecule has 1 saturated carbocycles. The van der Waals surface area contributed by atoms with Gasteiger partial charge in [-0.05, 0) is 44.1 Å². The number of rotatable bonds is 2. The Balaban J connectivity index is 1.67. The van der Waals surface area contributed by atoms with Gasteiger partial charge in [0.25, 0.3) is 0 Å². The second kappa shape index (κ2) is 5.12. The third-order valence-electron chi connectivity index (χ3n) is 4.64. The van der Waals surface area contributed by atoms with Crippen molar-refractivity contribution < 1.29 is 4.79 Å². The van der Waals surface area contributed by atoms with E-state index >= 15 is 0 Å². The number of hydrogen-bond donors (Lipinski definition) is 1. The molecule has 1 atom stereocenters. The highest BCUT2D eigenvalue weighted by Crippen LogP contribution is 2.45. The van der Waals surface area contributed by atoms with Gasteiger partial charge in [-0.1, -0.05) is 36.8 Å². The van der Waals surface area contributed by atoms with Gasteiger partial charge in [0.1, 0.15) is 0 Å². The van der Waals surface area contributed by atoms with E-state index < -0.39 is 0 Å². The van der Waals surface area contributed by atoms with Crippen LogP contribution in [0.5, 0.6) is 0 Å². The predicted molar refractivity (Wildman–Crippen MR) is 80.6 cm³/mol. The van der Waals surface area contributed by atoms with Crippen LogP contribution in [-0.2, 0) is 5.54 Å². The van der Waals surface area contributed by atoms with Crippen molar-refractivity contribution in [3.8, 4) is 0 Å². The molecule has 0 bridgehead atoms. The highest BCUT2D eigenvalue weighted by atomic mass is 16.2. The van der Waals surface area contributed by atoms with Gasteiger partial charge in [0, 0.05) is 13.1 Å². The molecule has 1 aromatic rings. The van der Waals surface area contributed by atoms with E-state index in [1.54, 1.807) is 0 Å². The molecule has 2 fully saturated rings. The van der Waals surface area contributed by atoms with Crippen LogP contribution in [0.25, 0.3) is 0 Å². The molecule has 1 saturated heterocycles. The van der Waals surface area contributed by atoms with E-state index in [2.05, 4.69) is 43.4 Å². The molecule has 1 heterocycles. The summed E-state index contributed by atoms with van der Waals surface area (Å²) in [5.41, 5.74) is 2.42. The SMILES string of the molecule is Cc1ccc(C2(NC(=O)N3CCCC(C)C3)CC2)cc1. The number of aryl methyl sites for hydroxylation is 1. The average molecular weight is 272 g/mol. The van der Waals surface area contributed by atoms with Crippen LogP contribution in [0.4, 0.5) is 4.79 Å². The topological polar surface area (TPSA) is 32.3 Å². The van der Waals surface area contributed by atoms with E-state index in [1.807, 2.05) is 4.90 Å². The second-order valence-corrected chi connectivity index (χ2v) is 6.57. The van der Waals surface area contributed by atoms with E-state index in [-0.39, 0.29) is 11.6 Å².